The molecule has 0 unspecified atom stereocenters. The summed E-state index contributed by atoms with van der Waals surface area (Å²) in [5.41, 5.74) is 1.37. The van der Waals surface area contributed by atoms with Crippen molar-refractivity contribution in [1.82, 2.24) is 9.80 Å². The van der Waals surface area contributed by atoms with Crippen LogP contribution >= 0.6 is 0 Å². The van der Waals surface area contributed by atoms with E-state index in [4.69, 9.17) is 14.2 Å². The minimum absolute atomic E-state index is 0.112. The summed E-state index contributed by atoms with van der Waals surface area (Å²) in [6, 6.07) is 6.24. The standard InChI is InChI=1S/C23H34N2O4/c1-23(15-18-4-5-20-21(14-18)29-17-28-20)8-3-9-25(16-23)22(26)19-6-10-24(11-7-19)12-13-27-2/h4-5,14,19H,3,6-13,15-17H2,1-2H3/t23-/m1/s1. The second-order valence-electron chi connectivity index (χ2n) is 9.15. The van der Waals surface area contributed by atoms with Gasteiger partial charge in [-0.25, -0.2) is 0 Å². The molecule has 6 nitrogen and oxygen atoms in total. The van der Waals surface area contributed by atoms with Gasteiger partial charge in [-0.2, -0.15) is 0 Å². The van der Waals surface area contributed by atoms with Crippen molar-refractivity contribution < 1.29 is 19.0 Å². The second kappa shape index (κ2) is 8.92. The SMILES string of the molecule is COCCN1CCC(C(=O)N2CCC[C@](C)(Cc3ccc4c(c3)OCO4)C2)CC1. The summed E-state index contributed by atoms with van der Waals surface area (Å²) in [5.74, 6) is 2.22. The van der Waals surface area contributed by atoms with Crippen molar-refractivity contribution in [3.05, 3.63) is 23.8 Å². The lowest BCUT2D eigenvalue weighted by atomic mass is 9.76. The summed E-state index contributed by atoms with van der Waals surface area (Å²) in [5, 5.41) is 0. The van der Waals surface area contributed by atoms with Crippen molar-refractivity contribution in [3.63, 3.8) is 0 Å². The van der Waals surface area contributed by atoms with Gasteiger partial charge in [-0.05, 0) is 68.3 Å². The molecule has 2 saturated heterocycles. The highest BCUT2D eigenvalue weighted by atomic mass is 16.7. The van der Waals surface area contributed by atoms with Crippen LogP contribution in [0, 0.1) is 11.3 Å². The predicted octanol–water partition coefficient (Wildman–Crippen LogP) is 2.94. The van der Waals surface area contributed by atoms with E-state index in [2.05, 4.69) is 28.9 Å². The Labute approximate surface area is 174 Å². The lowest BCUT2D eigenvalue weighted by Gasteiger charge is -2.43. The highest BCUT2D eigenvalue weighted by Gasteiger charge is 2.36. The minimum Gasteiger partial charge on any atom is -0.454 e. The van der Waals surface area contributed by atoms with Gasteiger partial charge in [0.1, 0.15) is 0 Å². The Kier molecular flexibility index (Phi) is 6.30. The molecule has 0 aliphatic carbocycles. The molecular weight excluding hydrogens is 368 g/mol. The van der Waals surface area contributed by atoms with Crippen LogP contribution in [0.3, 0.4) is 0 Å². The molecule has 6 heteroatoms. The van der Waals surface area contributed by atoms with Crippen LogP contribution in [-0.2, 0) is 16.0 Å². The van der Waals surface area contributed by atoms with Crippen LogP contribution in [0.2, 0.25) is 0 Å². The number of nitrogens with zero attached hydrogens (tertiary/aromatic N) is 2. The monoisotopic (exact) mass is 402 g/mol. The number of likely N-dealkylation sites (tertiary alicyclic amines) is 2. The average molecular weight is 403 g/mol. The number of ether oxygens (including phenoxy) is 3. The van der Waals surface area contributed by atoms with Crippen molar-refractivity contribution in [2.75, 3.05) is 53.2 Å². The Balaban J connectivity index is 1.33. The van der Waals surface area contributed by atoms with Crippen LogP contribution in [0.25, 0.3) is 0 Å². The van der Waals surface area contributed by atoms with Gasteiger partial charge in [0.25, 0.3) is 0 Å². The van der Waals surface area contributed by atoms with Gasteiger partial charge in [0.15, 0.2) is 11.5 Å². The van der Waals surface area contributed by atoms with E-state index in [-0.39, 0.29) is 11.3 Å². The molecule has 3 aliphatic heterocycles. The van der Waals surface area contributed by atoms with Gasteiger partial charge < -0.3 is 24.0 Å². The summed E-state index contributed by atoms with van der Waals surface area (Å²) >= 11 is 0. The number of carbonyl (C=O) groups excluding carboxylic acids is 1. The summed E-state index contributed by atoms with van der Waals surface area (Å²) in [6.07, 6.45) is 5.14. The van der Waals surface area contributed by atoms with Crippen molar-refractivity contribution in [3.8, 4) is 11.5 Å². The fraction of sp³-hybridized carbons (Fsp3) is 0.696. The van der Waals surface area contributed by atoms with Gasteiger partial charge >= 0.3 is 0 Å². The fourth-order valence-electron chi connectivity index (χ4n) is 5.07. The van der Waals surface area contributed by atoms with E-state index >= 15 is 0 Å². The molecule has 3 heterocycles. The highest BCUT2D eigenvalue weighted by molar-refractivity contribution is 5.79. The van der Waals surface area contributed by atoms with Crippen LogP contribution in [0.1, 0.15) is 38.2 Å². The summed E-state index contributed by atoms with van der Waals surface area (Å²) in [4.78, 5) is 17.8. The predicted molar refractivity (Wildman–Crippen MR) is 111 cm³/mol. The third-order valence-corrected chi connectivity index (χ3v) is 6.71. The molecule has 160 valence electrons. The number of carbonyl (C=O) groups is 1. The van der Waals surface area contributed by atoms with Gasteiger partial charge in [0, 0.05) is 32.7 Å². The number of piperidine rings is 2. The van der Waals surface area contributed by atoms with E-state index in [9.17, 15) is 4.79 Å². The molecule has 4 rings (SSSR count). The van der Waals surface area contributed by atoms with Crippen molar-refractivity contribution in [1.29, 1.82) is 0 Å². The highest BCUT2D eigenvalue weighted by Crippen LogP contribution is 2.38. The molecule has 3 aliphatic rings. The number of fused-ring (bicyclic) bond motifs is 1. The first-order chi connectivity index (χ1) is 14.1. The van der Waals surface area contributed by atoms with Crippen LogP contribution < -0.4 is 9.47 Å². The van der Waals surface area contributed by atoms with E-state index in [1.54, 1.807) is 7.11 Å². The van der Waals surface area contributed by atoms with E-state index in [1.165, 1.54) is 5.56 Å². The molecule has 1 aromatic rings. The van der Waals surface area contributed by atoms with E-state index in [0.717, 1.165) is 82.9 Å². The topological polar surface area (TPSA) is 51.2 Å². The van der Waals surface area contributed by atoms with Gasteiger partial charge in [0.2, 0.25) is 12.7 Å². The third kappa shape index (κ3) is 4.86. The molecule has 0 spiro atoms. The zero-order chi connectivity index (χ0) is 20.3. The number of hydrogen-bond acceptors (Lipinski definition) is 5. The van der Waals surface area contributed by atoms with Gasteiger partial charge in [-0.3, -0.25) is 4.79 Å². The number of amides is 1. The summed E-state index contributed by atoms with van der Waals surface area (Å²) in [6.45, 7) is 8.12. The number of rotatable bonds is 6. The summed E-state index contributed by atoms with van der Waals surface area (Å²) < 4.78 is 16.1. The largest absolute Gasteiger partial charge is 0.454 e. The van der Waals surface area contributed by atoms with Crippen molar-refractivity contribution >= 4 is 5.91 Å². The molecule has 0 N–H and O–H groups in total. The Hall–Kier alpha value is -1.79. The van der Waals surface area contributed by atoms with E-state index < -0.39 is 0 Å². The molecule has 0 bridgehead atoms. The lowest BCUT2D eigenvalue weighted by molar-refractivity contribution is -0.140. The lowest BCUT2D eigenvalue weighted by Crippen LogP contribution is -2.49. The van der Waals surface area contributed by atoms with Crippen molar-refractivity contribution in [2.45, 2.75) is 39.0 Å². The average Bonchev–Trinajstić information content (AvgIpc) is 3.19. The summed E-state index contributed by atoms with van der Waals surface area (Å²) in [7, 11) is 1.74. The van der Waals surface area contributed by atoms with Crippen LogP contribution in [0.5, 0.6) is 11.5 Å². The first-order valence-electron chi connectivity index (χ1n) is 10.9. The van der Waals surface area contributed by atoms with Gasteiger partial charge in [-0.1, -0.05) is 13.0 Å². The first kappa shape index (κ1) is 20.5. The van der Waals surface area contributed by atoms with Crippen LogP contribution in [-0.4, -0.2) is 68.9 Å². The first-order valence-corrected chi connectivity index (χ1v) is 10.9. The molecule has 29 heavy (non-hydrogen) atoms. The maximum absolute atomic E-state index is 13.2. The van der Waals surface area contributed by atoms with Crippen LogP contribution in [0.4, 0.5) is 0 Å². The normalized spacial score (nSPS) is 25.4. The molecule has 0 radical (unpaired) electrons. The Morgan fingerprint density at radius 3 is 2.79 bits per heavy atom. The van der Waals surface area contributed by atoms with E-state index in [0.29, 0.717) is 12.7 Å². The van der Waals surface area contributed by atoms with Crippen molar-refractivity contribution in [2.24, 2.45) is 11.3 Å². The van der Waals surface area contributed by atoms with Crippen LogP contribution in [0.15, 0.2) is 18.2 Å². The van der Waals surface area contributed by atoms with E-state index in [1.807, 2.05) is 6.07 Å². The number of methoxy groups -OCH3 is 1. The number of benzene rings is 1. The Bertz CT molecular complexity index is 717. The van der Waals surface area contributed by atoms with Gasteiger partial charge in [0.05, 0.1) is 6.61 Å². The zero-order valence-electron chi connectivity index (χ0n) is 17.8. The maximum Gasteiger partial charge on any atom is 0.231 e. The smallest absolute Gasteiger partial charge is 0.231 e. The molecule has 0 aromatic heterocycles. The molecule has 2 fully saturated rings. The number of hydrogen-bond donors (Lipinski definition) is 0. The molecule has 1 atom stereocenters. The minimum atomic E-state index is 0.112. The van der Waals surface area contributed by atoms with Gasteiger partial charge in [-0.15, -0.1) is 0 Å². The third-order valence-electron chi connectivity index (χ3n) is 6.71. The maximum atomic E-state index is 13.2. The fourth-order valence-corrected chi connectivity index (χ4v) is 5.07. The molecular formula is C23H34N2O4. The Morgan fingerprint density at radius 1 is 1.21 bits per heavy atom. The second-order valence-corrected chi connectivity index (χ2v) is 9.15. The zero-order valence-corrected chi connectivity index (χ0v) is 17.8. The molecule has 0 saturated carbocycles. The molecule has 1 aromatic carbocycles. The quantitative estimate of drug-likeness (QED) is 0.732. The molecule has 1 amide bonds. The Morgan fingerprint density at radius 2 is 2.00 bits per heavy atom.